The van der Waals surface area contributed by atoms with Gasteiger partial charge in [0.05, 0.1) is 0 Å². The maximum Gasteiger partial charge on any atom is 0.0462 e. The van der Waals surface area contributed by atoms with E-state index in [2.05, 4.69) is 265 Å². The first-order valence-corrected chi connectivity index (χ1v) is 22.2. The number of hydrogen-bond acceptors (Lipinski definition) is 2. The van der Waals surface area contributed by atoms with Crippen LogP contribution in [0.2, 0.25) is 0 Å². The van der Waals surface area contributed by atoms with E-state index in [1.165, 1.54) is 66.4 Å². The summed E-state index contributed by atoms with van der Waals surface area (Å²) in [6, 6.07) is 90.0. The van der Waals surface area contributed by atoms with Crippen LogP contribution in [0.4, 0.5) is 34.1 Å². The summed E-state index contributed by atoms with van der Waals surface area (Å²) in [7, 11) is 0. The second-order valence-corrected chi connectivity index (χ2v) is 16.4. The number of allylic oxidation sites excluding steroid dienone is 1. The lowest BCUT2D eigenvalue weighted by Gasteiger charge is -2.26. The van der Waals surface area contributed by atoms with Gasteiger partial charge < -0.3 is 9.80 Å². The molecule has 0 amide bonds. The van der Waals surface area contributed by atoms with Crippen LogP contribution in [0.3, 0.4) is 0 Å². The lowest BCUT2D eigenvalue weighted by atomic mass is 9.87. The van der Waals surface area contributed by atoms with Gasteiger partial charge in [-0.2, -0.15) is 0 Å². The summed E-state index contributed by atoms with van der Waals surface area (Å²) in [5, 5.41) is 2.52. The number of rotatable bonds is 10. The second kappa shape index (κ2) is 17.3. The molecule has 10 aromatic carbocycles. The van der Waals surface area contributed by atoms with Crippen molar-refractivity contribution < 1.29 is 0 Å². The molecule has 0 saturated heterocycles. The van der Waals surface area contributed by atoms with Crippen molar-refractivity contribution in [2.45, 2.75) is 12.8 Å². The number of hydrogen-bond donors (Lipinski definition) is 0. The molecule has 0 saturated carbocycles. The number of para-hydroxylation sites is 2. The van der Waals surface area contributed by atoms with Gasteiger partial charge in [-0.25, -0.2) is 0 Å². The minimum absolute atomic E-state index is 1.07. The molecule has 2 nitrogen and oxygen atoms in total. The van der Waals surface area contributed by atoms with E-state index in [4.69, 9.17) is 0 Å². The molecule has 0 aliphatic heterocycles. The summed E-state index contributed by atoms with van der Waals surface area (Å²) in [6.45, 7) is 0. The van der Waals surface area contributed by atoms with E-state index in [0.717, 1.165) is 47.0 Å². The van der Waals surface area contributed by atoms with Crippen LogP contribution in [0.1, 0.15) is 23.1 Å². The number of aryl methyl sites for hydroxylation is 1. The zero-order valence-electron chi connectivity index (χ0n) is 35.6. The lowest BCUT2D eigenvalue weighted by molar-refractivity contribution is 0.978. The summed E-state index contributed by atoms with van der Waals surface area (Å²) < 4.78 is 0. The molecule has 64 heavy (non-hydrogen) atoms. The third-order valence-electron chi connectivity index (χ3n) is 12.6. The maximum absolute atomic E-state index is 2.39. The lowest BCUT2D eigenvalue weighted by Crippen LogP contribution is -2.10. The number of fused-ring (bicyclic) bond motifs is 2. The molecule has 0 aromatic heterocycles. The minimum atomic E-state index is 1.07. The zero-order valence-corrected chi connectivity index (χ0v) is 35.6. The van der Waals surface area contributed by atoms with E-state index in [-0.39, 0.29) is 0 Å². The van der Waals surface area contributed by atoms with Gasteiger partial charge in [0.1, 0.15) is 0 Å². The molecule has 0 N–H and O–H groups in total. The number of benzene rings is 10. The summed E-state index contributed by atoms with van der Waals surface area (Å²) in [5.41, 5.74) is 19.3. The van der Waals surface area contributed by atoms with E-state index in [9.17, 15) is 0 Å². The second-order valence-electron chi connectivity index (χ2n) is 16.4. The topological polar surface area (TPSA) is 6.48 Å². The van der Waals surface area contributed by atoms with Crippen molar-refractivity contribution in [1.29, 1.82) is 0 Å². The van der Waals surface area contributed by atoms with E-state index >= 15 is 0 Å². The molecular formula is C62H46N2. The van der Waals surface area contributed by atoms with Crippen molar-refractivity contribution in [2.24, 2.45) is 0 Å². The Labute approximate surface area is 376 Å². The first-order chi connectivity index (χ1) is 31.7. The molecule has 0 unspecified atom stereocenters. The van der Waals surface area contributed by atoms with Crippen LogP contribution in [0.5, 0.6) is 0 Å². The molecule has 0 bridgehead atoms. The third-order valence-corrected chi connectivity index (χ3v) is 12.6. The Morgan fingerprint density at radius 1 is 0.266 bits per heavy atom. The smallest absolute Gasteiger partial charge is 0.0462 e. The van der Waals surface area contributed by atoms with Crippen LogP contribution < -0.4 is 9.80 Å². The third kappa shape index (κ3) is 7.67. The molecule has 1 aliphatic carbocycles. The summed E-state index contributed by atoms with van der Waals surface area (Å²) >= 11 is 0. The van der Waals surface area contributed by atoms with Crippen LogP contribution in [-0.2, 0) is 6.42 Å². The molecule has 0 heterocycles. The monoisotopic (exact) mass is 818 g/mol. The van der Waals surface area contributed by atoms with Crippen LogP contribution in [0.25, 0.3) is 49.7 Å². The first kappa shape index (κ1) is 38.7. The fraction of sp³-hybridized carbons (Fsp3) is 0.0323. The highest BCUT2D eigenvalue weighted by Crippen LogP contribution is 2.40. The van der Waals surface area contributed by atoms with Gasteiger partial charge in [-0.3, -0.25) is 0 Å². The number of nitrogens with zero attached hydrogens (tertiary/aromatic N) is 2. The molecule has 11 rings (SSSR count). The fourth-order valence-electron chi connectivity index (χ4n) is 9.32. The quantitative estimate of drug-likeness (QED) is 0.136. The maximum atomic E-state index is 2.39. The highest BCUT2D eigenvalue weighted by Gasteiger charge is 2.17. The summed E-state index contributed by atoms with van der Waals surface area (Å²) in [5.74, 6) is 0. The first-order valence-electron chi connectivity index (χ1n) is 22.2. The average Bonchev–Trinajstić information content (AvgIpc) is 3.38. The van der Waals surface area contributed by atoms with Gasteiger partial charge in [0.25, 0.3) is 0 Å². The highest BCUT2D eigenvalue weighted by molar-refractivity contribution is 5.97. The molecule has 304 valence electrons. The van der Waals surface area contributed by atoms with E-state index in [1.807, 2.05) is 0 Å². The van der Waals surface area contributed by atoms with Gasteiger partial charge in [-0.15, -0.1) is 0 Å². The largest absolute Gasteiger partial charge is 0.311 e. The summed E-state index contributed by atoms with van der Waals surface area (Å²) in [4.78, 5) is 4.66. The molecule has 0 fully saturated rings. The predicted octanol–water partition coefficient (Wildman–Crippen LogP) is 17.2. The van der Waals surface area contributed by atoms with Crippen LogP contribution in [0.15, 0.2) is 255 Å². The molecule has 0 radical (unpaired) electrons. The predicted molar refractivity (Wildman–Crippen MR) is 271 cm³/mol. The van der Waals surface area contributed by atoms with Gasteiger partial charge in [-0.05, 0) is 152 Å². The summed E-state index contributed by atoms with van der Waals surface area (Å²) in [6.07, 6.45) is 4.57. The zero-order chi connectivity index (χ0) is 42.7. The van der Waals surface area contributed by atoms with Gasteiger partial charge in [0.2, 0.25) is 0 Å². The SMILES string of the molecule is C1=C(c2ccc(N(c3ccccc3)c3ccc(-c4ccc(-c5ccc(N(c6ccccc6)c6ccc(-c7cccc8ccccc78)cc6)cc5)cc4)cc3)cc2)c2ccccc2CC1. The van der Waals surface area contributed by atoms with Crippen LogP contribution in [0, 0.1) is 0 Å². The molecule has 1 aliphatic rings. The molecule has 2 heteroatoms. The average molecular weight is 819 g/mol. The van der Waals surface area contributed by atoms with Gasteiger partial charge in [-0.1, -0.05) is 182 Å². The van der Waals surface area contributed by atoms with Gasteiger partial charge >= 0.3 is 0 Å². The fourth-order valence-corrected chi connectivity index (χ4v) is 9.32. The Bertz CT molecular complexity index is 3200. The highest BCUT2D eigenvalue weighted by atomic mass is 15.1. The van der Waals surface area contributed by atoms with Crippen molar-refractivity contribution in [2.75, 3.05) is 9.80 Å². The number of anilines is 6. The Balaban J connectivity index is 0.828. The minimum Gasteiger partial charge on any atom is -0.311 e. The van der Waals surface area contributed by atoms with Crippen molar-refractivity contribution >= 4 is 50.5 Å². The molecule has 0 atom stereocenters. The molecule has 0 spiro atoms. The van der Waals surface area contributed by atoms with Crippen molar-refractivity contribution in [3.05, 3.63) is 271 Å². The van der Waals surface area contributed by atoms with Crippen molar-refractivity contribution in [3.8, 4) is 33.4 Å². The Morgan fingerprint density at radius 3 is 1.17 bits per heavy atom. The molecule has 10 aromatic rings. The van der Waals surface area contributed by atoms with Crippen molar-refractivity contribution in [3.63, 3.8) is 0 Å². The van der Waals surface area contributed by atoms with Crippen LogP contribution in [-0.4, -0.2) is 0 Å². The van der Waals surface area contributed by atoms with Gasteiger partial charge in [0, 0.05) is 34.1 Å². The van der Waals surface area contributed by atoms with Crippen molar-refractivity contribution in [1.82, 2.24) is 0 Å². The normalized spacial score (nSPS) is 12.0. The Kier molecular flexibility index (Phi) is 10.5. The van der Waals surface area contributed by atoms with E-state index in [0.29, 0.717) is 0 Å². The molecular weight excluding hydrogens is 773 g/mol. The van der Waals surface area contributed by atoms with E-state index < -0.39 is 0 Å². The Hall–Kier alpha value is -8.20. The van der Waals surface area contributed by atoms with Gasteiger partial charge in [0.15, 0.2) is 0 Å². The van der Waals surface area contributed by atoms with Crippen LogP contribution >= 0.6 is 0 Å². The van der Waals surface area contributed by atoms with E-state index in [1.54, 1.807) is 0 Å². The Morgan fingerprint density at radius 2 is 0.641 bits per heavy atom. The standard InChI is InChI=1S/C62H46N2/c1-3-17-53(18-4-1)63(57-41-33-51(34-42-57)61-23-11-15-49-13-7-9-21-59(49)61)55-37-29-47(30-38-55)45-25-27-46(28-26-45)48-31-39-56(40-32-48)64(54-19-5-2-6-20-54)58-43-35-52(36-44-58)62-24-12-16-50-14-8-10-22-60(50)62/h1-11,13-15,17-44H,12,16H2.